The van der Waals surface area contributed by atoms with Crippen LogP contribution in [-0.4, -0.2) is 27.7 Å². The summed E-state index contributed by atoms with van der Waals surface area (Å²) in [5, 5.41) is 6.28. The molecule has 5 heteroatoms. The Morgan fingerprint density at radius 1 is 1.15 bits per heavy atom. The van der Waals surface area contributed by atoms with Crippen molar-refractivity contribution in [3.05, 3.63) is 28.5 Å². The second-order valence-corrected chi connectivity index (χ2v) is 6.38. The molecular formula is C15H18BrN3O. The van der Waals surface area contributed by atoms with Gasteiger partial charge in [0.15, 0.2) is 0 Å². The van der Waals surface area contributed by atoms with Gasteiger partial charge in [-0.3, -0.25) is 9.78 Å². The molecule has 0 saturated heterocycles. The van der Waals surface area contributed by atoms with Crippen LogP contribution >= 0.6 is 15.9 Å². The van der Waals surface area contributed by atoms with Crippen LogP contribution in [0.5, 0.6) is 0 Å². The summed E-state index contributed by atoms with van der Waals surface area (Å²) in [6.07, 6.45) is 9.26. The highest BCUT2D eigenvalue weighted by molar-refractivity contribution is 9.10. The lowest BCUT2D eigenvalue weighted by molar-refractivity contribution is -0.131. The minimum Gasteiger partial charge on any atom is -0.272 e. The fourth-order valence-electron chi connectivity index (χ4n) is 2.92. The average Bonchev–Trinajstić information content (AvgIpc) is 2.67. The van der Waals surface area contributed by atoms with E-state index in [-0.39, 0.29) is 11.9 Å². The van der Waals surface area contributed by atoms with Gasteiger partial charge in [0.05, 0.1) is 23.9 Å². The van der Waals surface area contributed by atoms with Crippen LogP contribution in [0.25, 0.3) is 0 Å². The molecule has 0 unspecified atom stereocenters. The van der Waals surface area contributed by atoms with Crippen LogP contribution in [0.4, 0.5) is 0 Å². The molecule has 2 aliphatic rings. The zero-order valence-electron chi connectivity index (χ0n) is 11.4. The van der Waals surface area contributed by atoms with Crippen LogP contribution in [0.3, 0.4) is 0 Å². The highest BCUT2D eigenvalue weighted by atomic mass is 79.9. The van der Waals surface area contributed by atoms with E-state index in [9.17, 15) is 4.79 Å². The van der Waals surface area contributed by atoms with Gasteiger partial charge in [0.1, 0.15) is 0 Å². The molecule has 2 heterocycles. The number of carbonyl (C=O) groups excluding carboxylic acids is 1. The SMILES string of the molecule is O=C1CC(c2ccc(Br)cn2)=NN1C1CCCCCC1. The maximum atomic E-state index is 12.2. The molecule has 106 valence electrons. The van der Waals surface area contributed by atoms with Gasteiger partial charge in [-0.15, -0.1) is 0 Å². The van der Waals surface area contributed by atoms with Gasteiger partial charge in [0.2, 0.25) is 5.91 Å². The van der Waals surface area contributed by atoms with Crippen molar-refractivity contribution in [3.63, 3.8) is 0 Å². The first-order valence-electron chi connectivity index (χ1n) is 7.25. The number of halogens is 1. The molecule has 4 nitrogen and oxygen atoms in total. The molecule has 1 fully saturated rings. The van der Waals surface area contributed by atoms with Crippen molar-refractivity contribution in [1.29, 1.82) is 0 Å². The Balaban J connectivity index is 1.79. The zero-order chi connectivity index (χ0) is 13.9. The number of hydrazone groups is 1. The fourth-order valence-corrected chi connectivity index (χ4v) is 3.16. The minimum absolute atomic E-state index is 0.122. The number of amides is 1. The molecule has 1 aliphatic carbocycles. The normalized spacial score (nSPS) is 20.9. The lowest BCUT2D eigenvalue weighted by atomic mass is 10.1. The summed E-state index contributed by atoms with van der Waals surface area (Å²) in [5.74, 6) is 0.122. The summed E-state index contributed by atoms with van der Waals surface area (Å²) in [5.41, 5.74) is 1.60. The van der Waals surface area contributed by atoms with Crippen LogP contribution < -0.4 is 0 Å². The Bertz CT molecular complexity index is 518. The molecular weight excluding hydrogens is 318 g/mol. The number of aromatic nitrogens is 1. The summed E-state index contributed by atoms with van der Waals surface area (Å²) in [6.45, 7) is 0. The highest BCUT2D eigenvalue weighted by Crippen LogP contribution is 2.26. The van der Waals surface area contributed by atoms with Crippen molar-refractivity contribution in [2.24, 2.45) is 5.10 Å². The molecule has 0 radical (unpaired) electrons. The maximum absolute atomic E-state index is 12.2. The second kappa shape index (κ2) is 6.04. The van der Waals surface area contributed by atoms with Crippen molar-refractivity contribution in [2.75, 3.05) is 0 Å². The first-order chi connectivity index (χ1) is 9.74. The number of pyridine rings is 1. The van der Waals surface area contributed by atoms with E-state index in [1.165, 1.54) is 25.7 Å². The van der Waals surface area contributed by atoms with Gasteiger partial charge in [0, 0.05) is 10.7 Å². The van der Waals surface area contributed by atoms with Crippen LogP contribution in [0.2, 0.25) is 0 Å². The lowest BCUT2D eigenvalue weighted by Gasteiger charge is -2.22. The van der Waals surface area contributed by atoms with Gasteiger partial charge in [-0.2, -0.15) is 5.10 Å². The average molecular weight is 336 g/mol. The molecule has 1 aromatic heterocycles. The number of rotatable bonds is 2. The van der Waals surface area contributed by atoms with Crippen LogP contribution in [0.15, 0.2) is 27.9 Å². The topological polar surface area (TPSA) is 45.6 Å². The van der Waals surface area contributed by atoms with Gasteiger partial charge in [-0.05, 0) is 40.9 Å². The standard InChI is InChI=1S/C15H18BrN3O/c16-11-7-8-13(17-10-11)14-9-15(20)19(18-14)12-5-3-1-2-4-6-12/h7-8,10,12H,1-6,9H2. The molecule has 0 bridgehead atoms. The van der Waals surface area contributed by atoms with Crippen molar-refractivity contribution in [1.82, 2.24) is 9.99 Å². The van der Waals surface area contributed by atoms with E-state index in [1.807, 2.05) is 12.1 Å². The van der Waals surface area contributed by atoms with Crippen molar-refractivity contribution < 1.29 is 4.79 Å². The molecule has 0 N–H and O–H groups in total. The van der Waals surface area contributed by atoms with E-state index in [0.29, 0.717) is 6.42 Å². The third-order valence-electron chi connectivity index (χ3n) is 4.00. The Labute approximate surface area is 127 Å². The zero-order valence-corrected chi connectivity index (χ0v) is 13.0. The summed E-state index contributed by atoms with van der Waals surface area (Å²) in [4.78, 5) is 16.5. The van der Waals surface area contributed by atoms with Crippen LogP contribution in [0.1, 0.15) is 50.6 Å². The van der Waals surface area contributed by atoms with Gasteiger partial charge in [-0.25, -0.2) is 5.01 Å². The van der Waals surface area contributed by atoms with Gasteiger partial charge in [0.25, 0.3) is 0 Å². The van der Waals surface area contributed by atoms with Gasteiger partial charge in [-0.1, -0.05) is 25.7 Å². The fraction of sp³-hybridized carbons (Fsp3) is 0.533. The van der Waals surface area contributed by atoms with Crippen molar-refractivity contribution in [2.45, 2.75) is 51.0 Å². The van der Waals surface area contributed by atoms with E-state index in [0.717, 1.165) is 28.7 Å². The number of hydrogen-bond acceptors (Lipinski definition) is 3. The highest BCUT2D eigenvalue weighted by Gasteiger charge is 2.31. The monoisotopic (exact) mass is 335 g/mol. The Hall–Kier alpha value is -1.23. The Morgan fingerprint density at radius 3 is 2.55 bits per heavy atom. The van der Waals surface area contributed by atoms with Crippen LogP contribution in [0, 0.1) is 0 Å². The molecule has 20 heavy (non-hydrogen) atoms. The second-order valence-electron chi connectivity index (χ2n) is 5.47. The molecule has 1 amide bonds. The van der Waals surface area contributed by atoms with Crippen molar-refractivity contribution in [3.8, 4) is 0 Å². The van der Waals surface area contributed by atoms with E-state index >= 15 is 0 Å². The Morgan fingerprint density at radius 2 is 1.90 bits per heavy atom. The molecule has 0 atom stereocenters. The van der Waals surface area contributed by atoms with Gasteiger partial charge >= 0.3 is 0 Å². The summed E-state index contributed by atoms with van der Waals surface area (Å²) < 4.78 is 0.937. The first kappa shape index (κ1) is 13.7. The number of nitrogens with zero attached hydrogens (tertiary/aromatic N) is 3. The predicted molar refractivity (Wildman–Crippen MR) is 81.4 cm³/mol. The first-order valence-corrected chi connectivity index (χ1v) is 8.05. The smallest absolute Gasteiger partial charge is 0.249 e. The van der Waals surface area contributed by atoms with E-state index in [4.69, 9.17) is 0 Å². The predicted octanol–water partition coefficient (Wildman–Crippen LogP) is 3.50. The van der Waals surface area contributed by atoms with E-state index in [1.54, 1.807) is 11.2 Å². The largest absolute Gasteiger partial charge is 0.272 e. The van der Waals surface area contributed by atoms with Gasteiger partial charge < -0.3 is 0 Å². The van der Waals surface area contributed by atoms with E-state index in [2.05, 4.69) is 26.0 Å². The molecule has 0 aromatic carbocycles. The Kier molecular flexibility index (Phi) is 4.15. The summed E-state index contributed by atoms with van der Waals surface area (Å²) in [7, 11) is 0. The third-order valence-corrected chi connectivity index (χ3v) is 4.47. The molecule has 3 rings (SSSR count). The van der Waals surface area contributed by atoms with E-state index < -0.39 is 0 Å². The minimum atomic E-state index is 0.122. The summed E-state index contributed by atoms with van der Waals surface area (Å²) >= 11 is 3.37. The third kappa shape index (κ3) is 2.92. The number of carbonyl (C=O) groups is 1. The molecule has 0 spiro atoms. The molecule has 1 aromatic rings. The van der Waals surface area contributed by atoms with Crippen molar-refractivity contribution >= 4 is 27.5 Å². The molecule has 1 saturated carbocycles. The lowest BCUT2D eigenvalue weighted by Crippen LogP contribution is -2.32. The maximum Gasteiger partial charge on any atom is 0.249 e. The van der Waals surface area contributed by atoms with Crippen LogP contribution in [-0.2, 0) is 4.79 Å². The number of hydrogen-bond donors (Lipinski definition) is 0. The summed E-state index contributed by atoms with van der Waals surface area (Å²) in [6, 6.07) is 4.13. The quantitative estimate of drug-likeness (QED) is 0.776. The molecule has 1 aliphatic heterocycles.